The van der Waals surface area contributed by atoms with Crippen molar-refractivity contribution in [2.24, 2.45) is 0 Å². The van der Waals surface area contributed by atoms with E-state index in [1.807, 2.05) is 25.9 Å². The lowest BCUT2D eigenvalue weighted by Gasteiger charge is -2.09. The predicted molar refractivity (Wildman–Crippen MR) is 82.4 cm³/mol. The third-order valence-corrected chi connectivity index (χ3v) is 2.04. The van der Waals surface area contributed by atoms with Crippen LogP contribution in [0.3, 0.4) is 0 Å². The minimum absolute atomic E-state index is 0.0446. The number of carbonyl (C=O) groups excluding carboxylic acids is 2. The quantitative estimate of drug-likeness (QED) is 0.571. The van der Waals surface area contributed by atoms with E-state index in [1.165, 1.54) is 0 Å². The molecular formula is C15H28N2O3. The van der Waals surface area contributed by atoms with Crippen molar-refractivity contribution in [2.45, 2.75) is 27.2 Å². The molecular weight excluding hydrogens is 256 g/mol. The number of rotatable bonds is 7. The van der Waals surface area contributed by atoms with Crippen LogP contribution in [-0.2, 0) is 14.3 Å². The van der Waals surface area contributed by atoms with Crippen molar-refractivity contribution in [1.29, 1.82) is 0 Å². The van der Waals surface area contributed by atoms with Crippen molar-refractivity contribution < 1.29 is 14.3 Å². The first-order chi connectivity index (χ1) is 9.22. The fraction of sp³-hybridized carbons (Fsp3) is 0.600. The maximum Gasteiger partial charge on any atom is 0.333 e. The van der Waals surface area contributed by atoms with Crippen LogP contribution in [0, 0.1) is 0 Å². The van der Waals surface area contributed by atoms with Gasteiger partial charge in [0, 0.05) is 24.2 Å². The molecule has 0 aliphatic rings. The first kappa shape index (κ1) is 20.7. The average molecular weight is 284 g/mol. The molecule has 0 bridgehead atoms. The number of esters is 1. The van der Waals surface area contributed by atoms with Crippen LogP contribution in [0.15, 0.2) is 24.3 Å². The van der Waals surface area contributed by atoms with Crippen LogP contribution in [0.4, 0.5) is 0 Å². The van der Waals surface area contributed by atoms with Gasteiger partial charge < -0.3 is 15.0 Å². The predicted octanol–water partition coefficient (Wildman–Crippen LogP) is 1.76. The highest BCUT2D eigenvalue weighted by atomic mass is 16.5. The van der Waals surface area contributed by atoms with Crippen LogP contribution < -0.4 is 5.32 Å². The average Bonchev–Trinajstić information content (AvgIpc) is 2.35. The van der Waals surface area contributed by atoms with Gasteiger partial charge in [-0.3, -0.25) is 4.79 Å². The summed E-state index contributed by atoms with van der Waals surface area (Å²) < 4.78 is 4.83. The molecule has 5 heteroatoms. The second-order valence-electron chi connectivity index (χ2n) is 4.76. The summed E-state index contributed by atoms with van der Waals surface area (Å²) in [4.78, 5) is 23.4. The maximum absolute atomic E-state index is 10.8. The molecule has 0 heterocycles. The summed E-state index contributed by atoms with van der Waals surface area (Å²) in [6.45, 7) is 14.2. The monoisotopic (exact) mass is 284 g/mol. The number of hydrogen-bond donors (Lipinski definition) is 1. The molecule has 0 aromatic carbocycles. The summed E-state index contributed by atoms with van der Waals surface area (Å²) in [5, 5.41) is 2.69. The number of carbonyl (C=O) groups is 2. The highest BCUT2D eigenvalue weighted by Gasteiger charge is 2.01. The molecule has 0 spiro atoms. The summed E-state index contributed by atoms with van der Waals surface area (Å²) in [7, 11) is 3.85. The summed E-state index contributed by atoms with van der Waals surface area (Å²) in [5.41, 5.74) is 1.02. The van der Waals surface area contributed by atoms with Gasteiger partial charge in [0.1, 0.15) is 6.61 Å². The second-order valence-corrected chi connectivity index (χ2v) is 4.76. The highest BCUT2D eigenvalue weighted by molar-refractivity contribution is 5.92. The lowest BCUT2D eigenvalue weighted by molar-refractivity contribution is -0.139. The molecule has 0 fully saturated rings. The van der Waals surface area contributed by atoms with Gasteiger partial charge in [0.2, 0.25) is 5.91 Å². The number of likely N-dealkylation sites (N-methyl/N-ethyl adjacent to an activating group) is 1. The first-order valence-corrected chi connectivity index (χ1v) is 6.63. The lowest BCUT2D eigenvalue weighted by atomic mass is 10.3. The molecule has 0 saturated carbocycles. The largest absolute Gasteiger partial charge is 0.461 e. The van der Waals surface area contributed by atoms with Gasteiger partial charge in [0.05, 0.1) is 0 Å². The number of nitrogens with one attached hydrogen (secondary N) is 1. The number of ether oxygens (including phenoxy) is 1. The van der Waals surface area contributed by atoms with Crippen molar-refractivity contribution in [2.75, 3.05) is 33.8 Å². The summed E-state index contributed by atoms with van der Waals surface area (Å²) >= 11 is 0. The molecule has 1 N–H and O–H groups in total. The van der Waals surface area contributed by atoms with Crippen molar-refractivity contribution >= 4 is 11.9 Å². The molecule has 0 radical (unpaired) electrons. The minimum Gasteiger partial charge on any atom is -0.461 e. The molecule has 116 valence electrons. The van der Waals surface area contributed by atoms with Gasteiger partial charge in [-0.05, 0) is 34.4 Å². The lowest BCUT2D eigenvalue weighted by Crippen LogP contribution is -2.24. The van der Waals surface area contributed by atoms with Crippen molar-refractivity contribution in [3.63, 3.8) is 0 Å². The Bertz CT molecular complexity index is 336. The van der Waals surface area contributed by atoms with Gasteiger partial charge in [-0.15, -0.1) is 0 Å². The van der Waals surface area contributed by atoms with E-state index in [1.54, 1.807) is 13.8 Å². The van der Waals surface area contributed by atoms with E-state index in [0.717, 1.165) is 19.5 Å². The van der Waals surface area contributed by atoms with Gasteiger partial charge in [-0.2, -0.15) is 0 Å². The Kier molecular flexibility index (Phi) is 12.8. The van der Waals surface area contributed by atoms with Crippen LogP contribution in [0.2, 0.25) is 0 Å². The molecule has 0 rings (SSSR count). The summed E-state index contributed by atoms with van der Waals surface area (Å²) in [6, 6.07) is 0. The fourth-order valence-corrected chi connectivity index (χ4v) is 0.834. The van der Waals surface area contributed by atoms with Crippen LogP contribution in [0.5, 0.6) is 0 Å². The van der Waals surface area contributed by atoms with E-state index in [-0.39, 0.29) is 11.9 Å². The molecule has 0 aromatic rings. The fourth-order valence-electron chi connectivity index (χ4n) is 0.834. The van der Waals surface area contributed by atoms with Gasteiger partial charge in [-0.1, -0.05) is 20.1 Å². The SMILES string of the molecule is C=C(C)C(=O)NCCC.C=C(C)C(=O)OCCN(C)C. The topological polar surface area (TPSA) is 58.6 Å². The van der Waals surface area contributed by atoms with Crippen LogP contribution in [0.1, 0.15) is 27.2 Å². The zero-order valence-electron chi connectivity index (χ0n) is 13.4. The first-order valence-electron chi connectivity index (χ1n) is 6.63. The third kappa shape index (κ3) is 14.4. The molecule has 0 atom stereocenters. The smallest absolute Gasteiger partial charge is 0.333 e. The Balaban J connectivity index is 0. The van der Waals surface area contributed by atoms with Crippen molar-refractivity contribution in [3.05, 3.63) is 24.3 Å². The second kappa shape index (κ2) is 12.4. The molecule has 5 nitrogen and oxygen atoms in total. The molecule has 0 aliphatic heterocycles. The number of hydrogen-bond acceptors (Lipinski definition) is 4. The molecule has 1 amide bonds. The summed E-state index contributed by atoms with van der Waals surface area (Å²) in [6.07, 6.45) is 0.971. The van der Waals surface area contributed by atoms with Gasteiger partial charge >= 0.3 is 5.97 Å². The normalized spacial score (nSPS) is 9.30. The number of amides is 1. The Labute approximate surface area is 122 Å². The Morgan fingerprint density at radius 2 is 1.70 bits per heavy atom. The Hall–Kier alpha value is -1.62. The van der Waals surface area contributed by atoms with Crippen molar-refractivity contribution in [1.82, 2.24) is 10.2 Å². The zero-order chi connectivity index (χ0) is 16.1. The van der Waals surface area contributed by atoms with E-state index in [4.69, 9.17) is 4.74 Å². The van der Waals surface area contributed by atoms with Crippen LogP contribution in [-0.4, -0.2) is 50.6 Å². The van der Waals surface area contributed by atoms with Crippen LogP contribution in [0.25, 0.3) is 0 Å². The van der Waals surface area contributed by atoms with E-state index >= 15 is 0 Å². The molecule has 20 heavy (non-hydrogen) atoms. The van der Waals surface area contributed by atoms with E-state index in [0.29, 0.717) is 17.8 Å². The van der Waals surface area contributed by atoms with E-state index in [9.17, 15) is 9.59 Å². The molecule has 0 aliphatic carbocycles. The zero-order valence-corrected chi connectivity index (χ0v) is 13.4. The number of nitrogens with zero attached hydrogens (tertiary/aromatic N) is 1. The van der Waals surface area contributed by atoms with Gasteiger partial charge in [0.15, 0.2) is 0 Å². The van der Waals surface area contributed by atoms with Crippen LogP contribution >= 0.6 is 0 Å². The third-order valence-electron chi connectivity index (χ3n) is 2.04. The molecule has 0 unspecified atom stereocenters. The molecule has 0 saturated heterocycles. The highest BCUT2D eigenvalue weighted by Crippen LogP contribution is 1.91. The van der Waals surface area contributed by atoms with Gasteiger partial charge in [-0.25, -0.2) is 4.79 Å². The van der Waals surface area contributed by atoms with Gasteiger partial charge in [0.25, 0.3) is 0 Å². The van der Waals surface area contributed by atoms with E-state index in [2.05, 4.69) is 18.5 Å². The Morgan fingerprint density at radius 1 is 1.15 bits per heavy atom. The van der Waals surface area contributed by atoms with Crippen molar-refractivity contribution in [3.8, 4) is 0 Å². The molecule has 0 aromatic heterocycles. The Morgan fingerprint density at radius 3 is 2.05 bits per heavy atom. The maximum atomic E-state index is 10.8. The standard InChI is InChI=1S/C8H15NO2.C7H13NO/c1-7(2)8(10)11-6-5-9(3)4;1-4-5-8-7(9)6(2)3/h1,5-6H2,2-4H3;2,4-5H2,1,3H3,(H,8,9). The van der Waals surface area contributed by atoms with E-state index < -0.39 is 0 Å². The minimum atomic E-state index is -0.313. The summed E-state index contributed by atoms with van der Waals surface area (Å²) in [5.74, 6) is -0.358.